The number of benzene rings is 3. The van der Waals surface area contributed by atoms with Crippen LogP contribution < -0.4 is 9.46 Å². The van der Waals surface area contributed by atoms with Crippen LogP contribution in [0.1, 0.15) is 51.3 Å². The molecule has 240 valence electrons. The van der Waals surface area contributed by atoms with Crippen LogP contribution in [0.2, 0.25) is 0 Å². The number of carbonyl (C=O) groups excluding carboxylic acids is 1. The number of nitrogens with one attached hydrogen (secondary N) is 1. The van der Waals surface area contributed by atoms with Gasteiger partial charge in [0.05, 0.1) is 40.2 Å². The van der Waals surface area contributed by atoms with Gasteiger partial charge < -0.3 is 14.0 Å². The number of halogens is 1. The number of fused-ring (bicyclic) bond motifs is 1. The maximum atomic E-state index is 14.3. The van der Waals surface area contributed by atoms with Crippen molar-refractivity contribution in [3.8, 4) is 23.2 Å². The monoisotopic (exact) mass is 653 g/mol. The number of aryl methyl sites for hydroxylation is 1. The molecule has 0 saturated heterocycles. The van der Waals surface area contributed by atoms with Crippen LogP contribution >= 0.6 is 0 Å². The molecule has 0 bridgehead atoms. The lowest BCUT2D eigenvalue weighted by Crippen LogP contribution is -2.33. The molecule has 2 heterocycles. The highest BCUT2D eigenvalue weighted by Gasteiger charge is 2.37. The lowest BCUT2D eigenvalue weighted by Gasteiger charge is -2.12. The van der Waals surface area contributed by atoms with Crippen LogP contribution in [0.3, 0.4) is 0 Å². The summed E-state index contributed by atoms with van der Waals surface area (Å²) in [6.07, 6.45) is 1.63. The van der Waals surface area contributed by atoms with Gasteiger partial charge in [-0.2, -0.15) is 5.26 Å². The summed E-state index contributed by atoms with van der Waals surface area (Å²) in [6.45, 7) is 2.88. The summed E-state index contributed by atoms with van der Waals surface area (Å²) in [5, 5.41) is 8.46. The normalized spacial score (nSPS) is 13.0. The average Bonchev–Trinajstić information content (AvgIpc) is 3.87. The van der Waals surface area contributed by atoms with Crippen LogP contribution in [0.4, 0.5) is 4.39 Å². The van der Waals surface area contributed by atoms with E-state index in [-0.39, 0.29) is 17.7 Å². The second-order valence-electron chi connectivity index (χ2n) is 11.4. The summed E-state index contributed by atoms with van der Waals surface area (Å²) in [6, 6.07) is 22.6. The van der Waals surface area contributed by atoms with Gasteiger partial charge in [-0.25, -0.2) is 27.5 Å². The zero-order valence-electron chi connectivity index (χ0n) is 25.9. The van der Waals surface area contributed by atoms with Crippen molar-refractivity contribution < 1.29 is 27.1 Å². The molecule has 1 amide bonds. The average molecular weight is 654 g/mol. The first-order chi connectivity index (χ1) is 22.6. The molecule has 1 aliphatic rings. The topological polar surface area (TPSA) is 136 Å². The van der Waals surface area contributed by atoms with Crippen LogP contribution in [-0.4, -0.2) is 47.8 Å². The standard InChI is InChI=1S/C35H32FN5O5S/c1-22-16-23(7-12-28(22)30-4-3-5-34(39-30)46-21-26-8-6-24(20-37)17-29(26)36)18-33-38-31-13-9-25(19-32(31)41(33)14-15-45-2)35(42)40-47(43,44)27-10-11-27/h3-9,12-13,16-17,19,27H,10-11,14-15,18,21H2,1-2H3,(H,40,42). The molecule has 0 radical (unpaired) electrons. The Labute approximate surface area is 271 Å². The Morgan fingerprint density at radius 1 is 1.09 bits per heavy atom. The Balaban J connectivity index is 1.21. The Bertz CT molecular complexity index is 2140. The summed E-state index contributed by atoms with van der Waals surface area (Å²) in [5.41, 5.74) is 5.83. The van der Waals surface area contributed by atoms with E-state index in [2.05, 4.69) is 15.8 Å². The molecular formula is C35H32FN5O5S. The van der Waals surface area contributed by atoms with Gasteiger partial charge in [-0.05, 0) is 67.3 Å². The van der Waals surface area contributed by atoms with Crippen molar-refractivity contribution in [3.63, 3.8) is 0 Å². The number of carbonyl (C=O) groups is 1. The fourth-order valence-corrected chi connectivity index (χ4v) is 6.67. The van der Waals surface area contributed by atoms with Crippen LogP contribution in [0.25, 0.3) is 22.3 Å². The third-order valence-electron chi connectivity index (χ3n) is 8.02. The number of amides is 1. The molecule has 1 N–H and O–H groups in total. The molecule has 6 rings (SSSR count). The maximum absolute atomic E-state index is 14.3. The van der Waals surface area contributed by atoms with Crippen LogP contribution in [-0.2, 0) is 34.3 Å². The van der Waals surface area contributed by atoms with Gasteiger partial charge in [0.15, 0.2) is 0 Å². The van der Waals surface area contributed by atoms with E-state index in [1.54, 1.807) is 37.4 Å². The molecule has 1 saturated carbocycles. The number of imidazole rings is 1. The highest BCUT2D eigenvalue weighted by atomic mass is 32.2. The molecule has 2 aromatic heterocycles. The lowest BCUT2D eigenvalue weighted by molar-refractivity contribution is 0.0981. The number of hydrogen-bond donors (Lipinski definition) is 1. The first-order valence-corrected chi connectivity index (χ1v) is 16.6. The van der Waals surface area contributed by atoms with Crippen molar-refractivity contribution >= 4 is 27.0 Å². The smallest absolute Gasteiger partial charge is 0.264 e. The molecule has 1 fully saturated rings. The lowest BCUT2D eigenvalue weighted by atomic mass is 10.0. The summed E-state index contributed by atoms with van der Waals surface area (Å²) in [7, 11) is -2.06. The first-order valence-electron chi connectivity index (χ1n) is 15.1. The number of sulfonamides is 1. The number of rotatable bonds is 12. The van der Waals surface area contributed by atoms with E-state index in [0.29, 0.717) is 60.6 Å². The Morgan fingerprint density at radius 3 is 2.64 bits per heavy atom. The molecule has 3 aromatic carbocycles. The van der Waals surface area contributed by atoms with Gasteiger partial charge in [-0.3, -0.25) is 4.79 Å². The highest BCUT2D eigenvalue weighted by molar-refractivity contribution is 7.91. The highest BCUT2D eigenvalue weighted by Crippen LogP contribution is 2.29. The second-order valence-corrected chi connectivity index (χ2v) is 13.4. The third kappa shape index (κ3) is 7.16. The van der Waals surface area contributed by atoms with E-state index in [1.807, 2.05) is 41.8 Å². The zero-order valence-corrected chi connectivity index (χ0v) is 26.7. The second kappa shape index (κ2) is 13.3. The van der Waals surface area contributed by atoms with E-state index in [0.717, 1.165) is 22.5 Å². The van der Waals surface area contributed by atoms with E-state index < -0.39 is 27.0 Å². The Kier molecular flexibility index (Phi) is 9.02. The van der Waals surface area contributed by atoms with Gasteiger partial charge in [0.1, 0.15) is 18.2 Å². The number of nitrogens with zero attached hydrogens (tertiary/aromatic N) is 4. The van der Waals surface area contributed by atoms with E-state index in [9.17, 15) is 17.6 Å². The van der Waals surface area contributed by atoms with Gasteiger partial charge in [0.2, 0.25) is 15.9 Å². The molecule has 10 nitrogen and oxygen atoms in total. The minimum Gasteiger partial charge on any atom is -0.473 e. The fourth-order valence-electron chi connectivity index (χ4n) is 5.37. The van der Waals surface area contributed by atoms with Gasteiger partial charge in [-0.15, -0.1) is 0 Å². The predicted octanol–water partition coefficient (Wildman–Crippen LogP) is 5.46. The summed E-state index contributed by atoms with van der Waals surface area (Å²) in [4.78, 5) is 22.3. The summed E-state index contributed by atoms with van der Waals surface area (Å²) < 4.78 is 54.3. The predicted molar refractivity (Wildman–Crippen MR) is 174 cm³/mol. The van der Waals surface area contributed by atoms with Crippen molar-refractivity contribution in [1.82, 2.24) is 19.3 Å². The van der Waals surface area contributed by atoms with Gasteiger partial charge >= 0.3 is 0 Å². The van der Waals surface area contributed by atoms with Gasteiger partial charge in [0, 0.05) is 42.8 Å². The molecule has 47 heavy (non-hydrogen) atoms. The van der Waals surface area contributed by atoms with Crippen LogP contribution in [0, 0.1) is 24.1 Å². The quantitative estimate of drug-likeness (QED) is 0.188. The van der Waals surface area contributed by atoms with Crippen molar-refractivity contribution in [2.75, 3.05) is 13.7 Å². The summed E-state index contributed by atoms with van der Waals surface area (Å²) >= 11 is 0. The minimum atomic E-state index is -3.67. The number of nitriles is 1. The van der Waals surface area contributed by atoms with E-state index in [4.69, 9.17) is 19.7 Å². The molecular weight excluding hydrogens is 621 g/mol. The minimum absolute atomic E-state index is 0.0261. The molecule has 0 spiro atoms. The first kappa shape index (κ1) is 31.8. The van der Waals surface area contributed by atoms with E-state index >= 15 is 0 Å². The number of aromatic nitrogens is 3. The zero-order chi connectivity index (χ0) is 33.1. The number of hydrogen-bond acceptors (Lipinski definition) is 8. The Morgan fingerprint density at radius 2 is 1.91 bits per heavy atom. The van der Waals surface area contributed by atoms with E-state index in [1.165, 1.54) is 12.1 Å². The molecule has 0 unspecified atom stereocenters. The number of pyridine rings is 1. The van der Waals surface area contributed by atoms with Crippen LogP contribution in [0.15, 0.2) is 72.8 Å². The van der Waals surface area contributed by atoms with Crippen molar-refractivity contribution in [2.24, 2.45) is 0 Å². The Hall–Kier alpha value is -5.12. The molecule has 0 aliphatic heterocycles. The molecule has 12 heteroatoms. The molecule has 1 aliphatic carbocycles. The van der Waals surface area contributed by atoms with Crippen molar-refractivity contribution in [3.05, 3.63) is 112 Å². The largest absolute Gasteiger partial charge is 0.473 e. The third-order valence-corrected chi connectivity index (χ3v) is 9.84. The molecule has 5 aromatic rings. The fraction of sp³-hybridized carbons (Fsp3) is 0.257. The molecule has 0 atom stereocenters. The number of methoxy groups -OCH3 is 1. The van der Waals surface area contributed by atoms with Gasteiger partial charge in [-0.1, -0.05) is 30.3 Å². The number of ether oxygens (including phenoxy) is 2. The van der Waals surface area contributed by atoms with Crippen LogP contribution in [0.5, 0.6) is 5.88 Å². The van der Waals surface area contributed by atoms with Crippen molar-refractivity contribution in [1.29, 1.82) is 5.26 Å². The summed E-state index contributed by atoms with van der Waals surface area (Å²) in [5.74, 6) is -0.0427. The van der Waals surface area contributed by atoms with Gasteiger partial charge in [0.25, 0.3) is 5.91 Å². The maximum Gasteiger partial charge on any atom is 0.264 e. The SMILES string of the molecule is COCCn1c(Cc2ccc(-c3cccc(OCc4ccc(C#N)cc4F)n3)c(C)c2)nc2ccc(C(=O)NS(=O)(=O)C3CC3)cc21. The van der Waals surface area contributed by atoms with Crippen molar-refractivity contribution in [2.45, 2.75) is 44.6 Å².